The predicted octanol–water partition coefficient (Wildman–Crippen LogP) is 4.44. The van der Waals surface area contributed by atoms with Gasteiger partial charge in [0.15, 0.2) is 0 Å². The van der Waals surface area contributed by atoms with Gasteiger partial charge in [-0.25, -0.2) is 8.78 Å². The van der Waals surface area contributed by atoms with Gasteiger partial charge in [0.2, 0.25) is 0 Å². The number of hydrogen-bond donors (Lipinski definition) is 1. The smallest absolute Gasteiger partial charge is 0.130 e. The molecule has 2 fully saturated rings. The Morgan fingerprint density at radius 3 is 2.70 bits per heavy atom. The lowest BCUT2D eigenvalue weighted by Crippen LogP contribution is -2.32. The van der Waals surface area contributed by atoms with Crippen LogP contribution in [0.4, 0.5) is 8.78 Å². The first-order valence-electron chi connectivity index (χ1n) is 7.87. The largest absolute Gasteiger partial charge is 0.310 e. The van der Waals surface area contributed by atoms with Crippen LogP contribution in [0.1, 0.15) is 50.6 Å². The molecule has 1 N–H and O–H groups in total. The Morgan fingerprint density at radius 1 is 1.25 bits per heavy atom. The van der Waals surface area contributed by atoms with Crippen LogP contribution in [0.25, 0.3) is 0 Å². The Bertz CT molecular complexity index is 474. The maximum Gasteiger partial charge on any atom is 0.130 e. The molecule has 0 aliphatic heterocycles. The van der Waals surface area contributed by atoms with E-state index in [0.29, 0.717) is 11.5 Å². The van der Waals surface area contributed by atoms with E-state index in [1.165, 1.54) is 31.7 Å². The highest BCUT2D eigenvalue weighted by atomic mass is 19.1. The van der Waals surface area contributed by atoms with Crippen molar-refractivity contribution in [3.05, 3.63) is 35.4 Å². The summed E-state index contributed by atoms with van der Waals surface area (Å²) >= 11 is 0. The zero-order valence-corrected chi connectivity index (χ0v) is 12.0. The second-order valence-corrected chi connectivity index (χ2v) is 6.44. The van der Waals surface area contributed by atoms with Crippen LogP contribution in [0, 0.1) is 29.4 Å². The Kier molecular flexibility index (Phi) is 4.06. The molecule has 0 aromatic heterocycles. The van der Waals surface area contributed by atoms with Gasteiger partial charge in [-0.05, 0) is 56.0 Å². The van der Waals surface area contributed by atoms with Gasteiger partial charge in [-0.1, -0.05) is 19.4 Å². The zero-order chi connectivity index (χ0) is 14.1. The lowest BCUT2D eigenvalue weighted by molar-refractivity contribution is 0.246. The first kappa shape index (κ1) is 14.0. The number of fused-ring (bicyclic) bond motifs is 2. The van der Waals surface area contributed by atoms with Crippen molar-refractivity contribution >= 4 is 0 Å². The van der Waals surface area contributed by atoms with Crippen molar-refractivity contribution in [2.75, 3.05) is 6.54 Å². The molecule has 0 amide bonds. The Balaban J connectivity index is 1.85. The van der Waals surface area contributed by atoms with E-state index in [4.69, 9.17) is 0 Å². The quantitative estimate of drug-likeness (QED) is 0.840. The molecular weight excluding hydrogens is 256 g/mol. The summed E-state index contributed by atoms with van der Waals surface area (Å²) in [6.45, 7) is 3.00. The molecule has 0 heterocycles. The molecule has 1 nitrogen and oxygen atoms in total. The van der Waals surface area contributed by atoms with Crippen molar-refractivity contribution < 1.29 is 8.78 Å². The molecule has 0 spiro atoms. The molecule has 4 unspecified atom stereocenters. The third-order valence-electron chi connectivity index (χ3n) is 5.13. The summed E-state index contributed by atoms with van der Waals surface area (Å²) in [5, 5.41) is 3.51. The van der Waals surface area contributed by atoms with Crippen LogP contribution in [0.5, 0.6) is 0 Å². The van der Waals surface area contributed by atoms with Gasteiger partial charge in [0.1, 0.15) is 11.6 Å². The van der Waals surface area contributed by atoms with E-state index < -0.39 is 11.6 Å². The number of halogens is 2. The maximum absolute atomic E-state index is 14.1. The summed E-state index contributed by atoms with van der Waals surface area (Å²) in [6.07, 6.45) is 6.15. The fourth-order valence-electron chi connectivity index (χ4n) is 4.25. The minimum Gasteiger partial charge on any atom is -0.310 e. The van der Waals surface area contributed by atoms with E-state index in [2.05, 4.69) is 12.2 Å². The van der Waals surface area contributed by atoms with Crippen LogP contribution >= 0.6 is 0 Å². The summed E-state index contributed by atoms with van der Waals surface area (Å²) in [5.74, 6) is 1.17. The van der Waals surface area contributed by atoms with E-state index in [-0.39, 0.29) is 6.04 Å². The molecule has 1 aromatic carbocycles. The SMILES string of the molecule is CCCNC(c1ccc(F)cc1F)C1CC2CCC1C2. The normalized spacial score (nSPS) is 29.9. The number of hydrogen-bond acceptors (Lipinski definition) is 1. The molecule has 0 saturated heterocycles. The van der Waals surface area contributed by atoms with Crippen LogP contribution in [0.3, 0.4) is 0 Å². The van der Waals surface area contributed by atoms with E-state index in [1.54, 1.807) is 6.07 Å². The molecule has 2 aliphatic rings. The van der Waals surface area contributed by atoms with Crippen molar-refractivity contribution in [1.29, 1.82) is 0 Å². The average molecular weight is 279 g/mol. The minimum atomic E-state index is -0.492. The minimum absolute atomic E-state index is 0.0471. The average Bonchev–Trinajstić information content (AvgIpc) is 3.03. The highest BCUT2D eigenvalue weighted by Gasteiger charge is 2.43. The van der Waals surface area contributed by atoms with Crippen molar-refractivity contribution in [2.45, 2.75) is 45.1 Å². The molecule has 3 heteroatoms. The molecule has 0 radical (unpaired) electrons. The Hall–Kier alpha value is -0.960. The molecule has 20 heavy (non-hydrogen) atoms. The third kappa shape index (κ3) is 2.60. The van der Waals surface area contributed by atoms with Gasteiger partial charge in [-0.2, -0.15) is 0 Å². The van der Waals surface area contributed by atoms with Crippen LogP contribution in [0.15, 0.2) is 18.2 Å². The highest BCUT2D eigenvalue weighted by molar-refractivity contribution is 5.24. The van der Waals surface area contributed by atoms with Gasteiger partial charge in [0.25, 0.3) is 0 Å². The highest BCUT2D eigenvalue weighted by Crippen LogP contribution is 2.52. The van der Waals surface area contributed by atoms with Gasteiger partial charge in [-0.15, -0.1) is 0 Å². The number of benzene rings is 1. The number of nitrogens with one attached hydrogen (secondary N) is 1. The molecule has 3 rings (SSSR count). The second-order valence-electron chi connectivity index (χ2n) is 6.44. The third-order valence-corrected chi connectivity index (χ3v) is 5.13. The zero-order valence-electron chi connectivity index (χ0n) is 12.0. The van der Waals surface area contributed by atoms with E-state index in [9.17, 15) is 8.78 Å². The van der Waals surface area contributed by atoms with Crippen molar-refractivity contribution in [2.24, 2.45) is 17.8 Å². The molecular formula is C17H23F2N. The monoisotopic (exact) mass is 279 g/mol. The van der Waals surface area contributed by atoms with Crippen LogP contribution in [-0.4, -0.2) is 6.54 Å². The van der Waals surface area contributed by atoms with Gasteiger partial charge in [0, 0.05) is 17.7 Å². The summed E-state index contributed by atoms with van der Waals surface area (Å²) in [4.78, 5) is 0. The number of rotatable bonds is 5. The van der Waals surface area contributed by atoms with E-state index in [0.717, 1.165) is 30.9 Å². The molecule has 4 atom stereocenters. The fraction of sp³-hybridized carbons (Fsp3) is 0.647. The van der Waals surface area contributed by atoms with E-state index in [1.807, 2.05) is 0 Å². The predicted molar refractivity (Wildman–Crippen MR) is 76.3 cm³/mol. The summed E-state index contributed by atoms with van der Waals surface area (Å²) in [6, 6.07) is 4.07. The van der Waals surface area contributed by atoms with Crippen molar-refractivity contribution in [3.63, 3.8) is 0 Å². The lowest BCUT2D eigenvalue weighted by Gasteiger charge is -2.32. The maximum atomic E-state index is 14.1. The topological polar surface area (TPSA) is 12.0 Å². The lowest BCUT2D eigenvalue weighted by atomic mass is 9.80. The second kappa shape index (κ2) is 5.80. The molecule has 2 saturated carbocycles. The summed E-state index contributed by atoms with van der Waals surface area (Å²) < 4.78 is 27.3. The van der Waals surface area contributed by atoms with Crippen molar-refractivity contribution in [3.8, 4) is 0 Å². The van der Waals surface area contributed by atoms with Crippen molar-refractivity contribution in [1.82, 2.24) is 5.32 Å². The summed E-state index contributed by atoms with van der Waals surface area (Å²) in [5.41, 5.74) is 0.650. The van der Waals surface area contributed by atoms with Crippen LogP contribution in [0.2, 0.25) is 0 Å². The van der Waals surface area contributed by atoms with Crippen LogP contribution < -0.4 is 5.32 Å². The van der Waals surface area contributed by atoms with Gasteiger partial charge in [-0.3, -0.25) is 0 Å². The Morgan fingerprint density at radius 2 is 2.10 bits per heavy atom. The first-order valence-corrected chi connectivity index (χ1v) is 7.87. The molecule has 1 aromatic rings. The fourth-order valence-corrected chi connectivity index (χ4v) is 4.25. The standard InChI is InChI=1S/C17H23F2N/c1-2-7-20-17(14-6-5-13(18)10-16(14)19)15-9-11-3-4-12(15)8-11/h5-6,10-12,15,17,20H,2-4,7-9H2,1H3. The van der Waals surface area contributed by atoms with Crippen LogP contribution in [-0.2, 0) is 0 Å². The molecule has 2 aliphatic carbocycles. The van der Waals surface area contributed by atoms with E-state index >= 15 is 0 Å². The Labute approximate surface area is 119 Å². The summed E-state index contributed by atoms with van der Waals surface area (Å²) in [7, 11) is 0. The molecule has 2 bridgehead atoms. The first-order chi connectivity index (χ1) is 9.69. The van der Waals surface area contributed by atoms with Gasteiger partial charge in [0.05, 0.1) is 0 Å². The van der Waals surface area contributed by atoms with Gasteiger partial charge >= 0.3 is 0 Å². The van der Waals surface area contributed by atoms with Gasteiger partial charge < -0.3 is 5.32 Å². The molecule has 110 valence electrons.